The molecule has 3 rings (SSSR count). The Balaban J connectivity index is 1.84. The number of nitrogens with one attached hydrogen (secondary N) is 1. The van der Waals surface area contributed by atoms with Gasteiger partial charge in [0.2, 0.25) is 0 Å². The highest BCUT2D eigenvalue weighted by Gasteiger charge is 2.26. The van der Waals surface area contributed by atoms with E-state index in [0.717, 1.165) is 10.0 Å². The maximum atomic E-state index is 12.9. The van der Waals surface area contributed by atoms with Crippen LogP contribution >= 0.6 is 15.9 Å². The van der Waals surface area contributed by atoms with Gasteiger partial charge in [0.1, 0.15) is 23.4 Å². The first-order valence-electron chi connectivity index (χ1n) is 8.82. The molecule has 0 aliphatic rings. The van der Waals surface area contributed by atoms with E-state index in [2.05, 4.69) is 26.2 Å². The summed E-state index contributed by atoms with van der Waals surface area (Å²) in [6, 6.07) is 14.4. The van der Waals surface area contributed by atoms with Gasteiger partial charge in [-0.25, -0.2) is 4.98 Å². The molecular weight excluding hydrogens is 422 g/mol. The second-order valence-corrected chi connectivity index (χ2v) is 7.21. The average molecular weight is 444 g/mol. The van der Waals surface area contributed by atoms with Crippen molar-refractivity contribution in [2.24, 2.45) is 7.05 Å². The monoisotopic (exact) mass is 443 g/mol. The summed E-state index contributed by atoms with van der Waals surface area (Å²) in [7, 11) is 3.49. The molecule has 2 atom stereocenters. The third-order valence-electron chi connectivity index (χ3n) is 4.35. The lowest BCUT2D eigenvalue weighted by Crippen LogP contribution is -2.40. The van der Waals surface area contributed by atoms with Crippen molar-refractivity contribution < 1.29 is 14.3 Å². The summed E-state index contributed by atoms with van der Waals surface area (Å²) in [5.41, 5.74) is 0.823. The van der Waals surface area contributed by atoms with Crippen molar-refractivity contribution in [3.63, 3.8) is 0 Å². The lowest BCUT2D eigenvalue weighted by molar-refractivity contribution is -0.127. The minimum Gasteiger partial charge on any atom is -0.496 e. The van der Waals surface area contributed by atoms with Crippen LogP contribution in [0.2, 0.25) is 0 Å². The number of halogens is 1. The third-order valence-corrected chi connectivity index (χ3v) is 4.88. The first-order valence-corrected chi connectivity index (χ1v) is 9.61. The van der Waals surface area contributed by atoms with Crippen LogP contribution in [0, 0.1) is 0 Å². The van der Waals surface area contributed by atoms with Crippen LogP contribution in [-0.4, -0.2) is 28.7 Å². The van der Waals surface area contributed by atoms with Gasteiger partial charge in [0.15, 0.2) is 6.10 Å². The molecule has 0 saturated heterocycles. The molecule has 2 aromatic carbocycles. The zero-order chi connectivity index (χ0) is 20.1. The van der Waals surface area contributed by atoms with Crippen LogP contribution < -0.4 is 14.8 Å². The summed E-state index contributed by atoms with van der Waals surface area (Å²) in [5.74, 6) is 1.75. The van der Waals surface area contributed by atoms with Gasteiger partial charge < -0.3 is 19.4 Å². The van der Waals surface area contributed by atoms with Crippen LogP contribution in [0.3, 0.4) is 0 Å². The number of ether oxygens (including phenoxy) is 2. The molecule has 0 aliphatic carbocycles. The summed E-state index contributed by atoms with van der Waals surface area (Å²) < 4.78 is 14.1. The van der Waals surface area contributed by atoms with E-state index in [9.17, 15) is 4.79 Å². The second kappa shape index (κ2) is 8.93. The van der Waals surface area contributed by atoms with E-state index in [1.54, 1.807) is 20.2 Å². The Kier molecular flexibility index (Phi) is 6.36. The molecule has 7 heteroatoms. The molecule has 1 N–H and O–H groups in total. The maximum Gasteiger partial charge on any atom is 0.261 e. The molecule has 0 bridgehead atoms. The van der Waals surface area contributed by atoms with Crippen LogP contribution in [0.1, 0.15) is 24.4 Å². The summed E-state index contributed by atoms with van der Waals surface area (Å²) in [6.07, 6.45) is 2.86. The van der Waals surface area contributed by atoms with Crippen molar-refractivity contribution in [3.8, 4) is 11.5 Å². The number of aryl methyl sites for hydroxylation is 1. The van der Waals surface area contributed by atoms with E-state index >= 15 is 0 Å². The molecule has 1 heterocycles. The number of benzene rings is 2. The molecule has 2 unspecified atom stereocenters. The van der Waals surface area contributed by atoms with E-state index in [1.807, 2.05) is 66.3 Å². The predicted octanol–water partition coefficient (Wildman–Crippen LogP) is 3.86. The molecule has 146 valence electrons. The van der Waals surface area contributed by atoms with E-state index in [0.29, 0.717) is 17.3 Å². The SMILES string of the molecule is COc1ccccc1C(NC(=O)C(C)Oc1ccc(Br)cc1)c1nccn1C. The summed E-state index contributed by atoms with van der Waals surface area (Å²) in [4.78, 5) is 17.3. The van der Waals surface area contributed by atoms with Gasteiger partial charge in [-0.3, -0.25) is 4.79 Å². The topological polar surface area (TPSA) is 65.4 Å². The molecule has 0 radical (unpaired) electrons. The molecule has 0 fully saturated rings. The van der Waals surface area contributed by atoms with Crippen molar-refractivity contribution in [2.75, 3.05) is 7.11 Å². The number of imidazole rings is 1. The lowest BCUT2D eigenvalue weighted by Gasteiger charge is -2.23. The van der Waals surface area contributed by atoms with Crippen LogP contribution in [0.5, 0.6) is 11.5 Å². The Morgan fingerprint density at radius 3 is 2.54 bits per heavy atom. The van der Waals surface area contributed by atoms with E-state index < -0.39 is 12.1 Å². The molecular formula is C21H22BrN3O3. The van der Waals surface area contributed by atoms with Gasteiger partial charge in [0.05, 0.1) is 7.11 Å². The van der Waals surface area contributed by atoms with Gasteiger partial charge in [-0.05, 0) is 37.3 Å². The molecule has 0 spiro atoms. The third kappa shape index (κ3) is 4.54. The Morgan fingerprint density at radius 2 is 1.89 bits per heavy atom. The number of nitrogens with zero attached hydrogens (tertiary/aromatic N) is 2. The van der Waals surface area contributed by atoms with Gasteiger partial charge in [0.25, 0.3) is 5.91 Å². The number of aromatic nitrogens is 2. The average Bonchev–Trinajstić information content (AvgIpc) is 3.13. The summed E-state index contributed by atoms with van der Waals surface area (Å²) >= 11 is 3.39. The number of methoxy groups -OCH3 is 1. The number of hydrogen-bond acceptors (Lipinski definition) is 4. The Morgan fingerprint density at radius 1 is 1.18 bits per heavy atom. The second-order valence-electron chi connectivity index (χ2n) is 6.29. The highest BCUT2D eigenvalue weighted by Crippen LogP contribution is 2.29. The van der Waals surface area contributed by atoms with Crippen molar-refractivity contribution in [1.82, 2.24) is 14.9 Å². The van der Waals surface area contributed by atoms with Crippen LogP contribution in [-0.2, 0) is 11.8 Å². The van der Waals surface area contributed by atoms with Gasteiger partial charge in [0, 0.05) is 29.5 Å². The highest BCUT2D eigenvalue weighted by molar-refractivity contribution is 9.10. The van der Waals surface area contributed by atoms with Crippen molar-refractivity contribution in [2.45, 2.75) is 19.1 Å². The molecule has 3 aromatic rings. The largest absolute Gasteiger partial charge is 0.496 e. The lowest BCUT2D eigenvalue weighted by atomic mass is 10.0. The normalized spacial score (nSPS) is 12.9. The number of carbonyl (C=O) groups is 1. The van der Waals surface area contributed by atoms with Crippen LogP contribution in [0.25, 0.3) is 0 Å². The Labute approximate surface area is 172 Å². The Hall–Kier alpha value is -2.80. The molecule has 6 nitrogen and oxygen atoms in total. The number of carbonyl (C=O) groups excluding carboxylic acids is 1. The zero-order valence-electron chi connectivity index (χ0n) is 15.9. The summed E-state index contributed by atoms with van der Waals surface area (Å²) in [6.45, 7) is 1.72. The number of rotatable bonds is 7. The van der Waals surface area contributed by atoms with Crippen LogP contribution in [0.4, 0.5) is 0 Å². The number of hydrogen-bond donors (Lipinski definition) is 1. The molecule has 1 amide bonds. The minimum atomic E-state index is -0.682. The molecule has 0 saturated carbocycles. The number of amides is 1. The quantitative estimate of drug-likeness (QED) is 0.601. The highest BCUT2D eigenvalue weighted by atomic mass is 79.9. The minimum absolute atomic E-state index is 0.248. The van der Waals surface area contributed by atoms with E-state index in [4.69, 9.17) is 9.47 Å². The maximum absolute atomic E-state index is 12.9. The van der Waals surface area contributed by atoms with Crippen LogP contribution in [0.15, 0.2) is 65.4 Å². The zero-order valence-corrected chi connectivity index (χ0v) is 17.5. The van der Waals surface area contributed by atoms with Crippen molar-refractivity contribution in [1.29, 1.82) is 0 Å². The first-order chi connectivity index (χ1) is 13.5. The van der Waals surface area contributed by atoms with E-state index in [-0.39, 0.29) is 5.91 Å². The molecule has 0 aliphatic heterocycles. The van der Waals surface area contributed by atoms with Crippen molar-refractivity contribution in [3.05, 3.63) is 76.8 Å². The Bertz CT molecular complexity index is 940. The fourth-order valence-electron chi connectivity index (χ4n) is 2.87. The van der Waals surface area contributed by atoms with Crippen molar-refractivity contribution >= 4 is 21.8 Å². The standard InChI is InChI=1S/C21H22BrN3O3/c1-14(28-16-10-8-15(22)9-11-16)21(26)24-19(20-23-12-13-25(20)2)17-6-4-5-7-18(17)27-3/h4-14,19H,1-3H3,(H,24,26). The summed E-state index contributed by atoms with van der Waals surface area (Å²) in [5, 5.41) is 3.05. The first kappa shape index (κ1) is 19.9. The van der Waals surface area contributed by atoms with Gasteiger partial charge >= 0.3 is 0 Å². The van der Waals surface area contributed by atoms with Gasteiger partial charge in [-0.1, -0.05) is 34.1 Å². The van der Waals surface area contributed by atoms with Gasteiger partial charge in [-0.2, -0.15) is 0 Å². The molecule has 1 aromatic heterocycles. The fraction of sp³-hybridized carbons (Fsp3) is 0.238. The number of para-hydroxylation sites is 1. The smallest absolute Gasteiger partial charge is 0.261 e. The fourth-order valence-corrected chi connectivity index (χ4v) is 3.14. The van der Waals surface area contributed by atoms with Gasteiger partial charge in [-0.15, -0.1) is 0 Å². The van der Waals surface area contributed by atoms with E-state index in [1.165, 1.54) is 0 Å². The molecule has 28 heavy (non-hydrogen) atoms. The predicted molar refractivity (Wildman–Crippen MR) is 110 cm³/mol.